The van der Waals surface area contributed by atoms with Crippen molar-refractivity contribution in [3.63, 3.8) is 0 Å². The van der Waals surface area contributed by atoms with Gasteiger partial charge in [-0.15, -0.1) is 12.8 Å². The fourth-order valence-corrected chi connectivity index (χ4v) is 1.01. The molecule has 0 radical (unpaired) electrons. The van der Waals surface area contributed by atoms with Gasteiger partial charge in [0.05, 0.1) is 0 Å². The van der Waals surface area contributed by atoms with Crippen LogP contribution in [0.2, 0.25) is 0 Å². The average molecular weight is 284 g/mol. The molecule has 0 heterocycles. The van der Waals surface area contributed by atoms with Crippen LogP contribution in [0.5, 0.6) is 0 Å². The molecule has 4 heteroatoms. The Morgan fingerprint density at radius 1 is 1.05 bits per heavy atom. The van der Waals surface area contributed by atoms with E-state index in [1.54, 1.807) is 0 Å². The summed E-state index contributed by atoms with van der Waals surface area (Å²) in [4.78, 5) is 22.8. The Hall–Kier alpha value is -2.90. The van der Waals surface area contributed by atoms with Gasteiger partial charge in [0.25, 0.3) is 0 Å². The van der Waals surface area contributed by atoms with Gasteiger partial charge >= 0.3 is 11.9 Å². The van der Waals surface area contributed by atoms with Crippen molar-refractivity contribution in [3.05, 3.63) is 24.3 Å². The van der Waals surface area contributed by atoms with Crippen molar-refractivity contribution in [2.45, 2.75) is 13.8 Å². The highest BCUT2D eigenvalue weighted by Gasteiger charge is 2.30. The maximum Gasteiger partial charge on any atom is 0.333 e. The quantitative estimate of drug-likeness (QED) is 0.421. The molecule has 0 aromatic carbocycles. The minimum absolute atomic E-state index is 0.213. The van der Waals surface area contributed by atoms with Gasteiger partial charge in [0.15, 0.2) is 5.41 Å². The highest BCUT2D eigenvalue weighted by atomic mass is 16.5. The third-order valence-electron chi connectivity index (χ3n) is 2.25. The van der Waals surface area contributed by atoms with E-state index < -0.39 is 17.4 Å². The van der Waals surface area contributed by atoms with Gasteiger partial charge in [-0.1, -0.05) is 25.0 Å². The lowest BCUT2D eigenvalue weighted by molar-refractivity contribution is -0.144. The van der Waals surface area contributed by atoms with Gasteiger partial charge in [-0.2, -0.15) is 0 Å². The summed E-state index contributed by atoms with van der Waals surface area (Å²) in [7, 11) is 0. The molecule has 0 aliphatic heterocycles. The minimum Gasteiger partial charge on any atom is -0.460 e. The van der Waals surface area contributed by atoms with Crippen LogP contribution in [0.15, 0.2) is 24.3 Å². The predicted octanol–water partition coefficient (Wildman–Crippen LogP) is 1.48. The highest BCUT2D eigenvalue weighted by Crippen LogP contribution is 2.18. The molecular formula is C17H16O4. The van der Waals surface area contributed by atoms with Crippen LogP contribution in [-0.4, -0.2) is 25.2 Å². The molecule has 0 N–H and O–H groups in total. The van der Waals surface area contributed by atoms with Crippen molar-refractivity contribution < 1.29 is 19.1 Å². The normalized spacial score (nSPS) is 9.14. The van der Waals surface area contributed by atoms with E-state index in [-0.39, 0.29) is 24.4 Å². The van der Waals surface area contributed by atoms with Gasteiger partial charge in [-0.3, -0.25) is 0 Å². The lowest BCUT2D eigenvalue weighted by Gasteiger charge is -2.21. The maximum atomic E-state index is 11.4. The number of hydrogen-bond acceptors (Lipinski definition) is 4. The van der Waals surface area contributed by atoms with Crippen molar-refractivity contribution in [1.82, 2.24) is 0 Å². The van der Waals surface area contributed by atoms with E-state index in [2.05, 4.69) is 36.8 Å². The number of carbonyl (C=O) groups is 2. The van der Waals surface area contributed by atoms with Gasteiger partial charge in [0, 0.05) is 11.1 Å². The Morgan fingerprint density at radius 3 is 1.76 bits per heavy atom. The van der Waals surface area contributed by atoms with Crippen LogP contribution in [-0.2, 0) is 19.1 Å². The van der Waals surface area contributed by atoms with Crippen molar-refractivity contribution in [1.29, 1.82) is 0 Å². The first-order valence-electron chi connectivity index (χ1n) is 5.89. The molecule has 21 heavy (non-hydrogen) atoms. The molecule has 0 aromatic rings. The fraction of sp³-hybridized carbons (Fsp3) is 0.294. The standard InChI is InChI=1S/C17H16O4/c1-7-9-10-17(8-2,11-20-15(18)13(3)4)12-21-16(19)14(5)6/h1-2H,3,5,11-12H2,4,6H3. The number of hydrogen-bond donors (Lipinski definition) is 0. The van der Waals surface area contributed by atoms with Gasteiger partial charge in [-0.05, 0) is 25.7 Å². The average Bonchev–Trinajstić information content (AvgIpc) is 2.46. The number of terminal acetylenes is 2. The Morgan fingerprint density at radius 2 is 1.48 bits per heavy atom. The summed E-state index contributed by atoms with van der Waals surface area (Å²) in [6, 6.07) is 0. The summed E-state index contributed by atoms with van der Waals surface area (Å²) in [6.07, 6.45) is 10.5. The van der Waals surface area contributed by atoms with Crippen LogP contribution in [0.4, 0.5) is 0 Å². The van der Waals surface area contributed by atoms with E-state index in [0.717, 1.165) is 0 Å². The zero-order chi connectivity index (χ0) is 16.5. The van der Waals surface area contributed by atoms with Crippen LogP contribution >= 0.6 is 0 Å². The summed E-state index contributed by atoms with van der Waals surface area (Å²) in [6.45, 7) is 9.35. The Labute approximate surface area is 125 Å². The SMILES string of the molecule is C#CC#CC(C#C)(COC(=O)C(=C)C)COC(=O)C(=C)C. The monoisotopic (exact) mass is 284 g/mol. The third-order valence-corrected chi connectivity index (χ3v) is 2.25. The topological polar surface area (TPSA) is 52.6 Å². The first-order chi connectivity index (χ1) is 9.78. The lowest BCUT2D eigenvalue weighted by Crippen LogP contribution is -2.32. The predicted molar refractivity (Wildman–Crippen MR) is 79.4 cm³/mol. The summed E-state index contributed by atoms with van der Waals surface area (Å²) in [5.41, 5.74) is -0.891. The zero-order valence-electron chi connectivity index (χ0n) is 12.1. The minimum atomic E-state index is -1.32. The number of rotatable bonds is 6. The smallest absolute Gasteiger partial charge is 0.333 e. The Balaban J connectivity index is 5.10. The van der Waals surface area contributed by atoms with E-state index >= 15 is 0 Å². The molecule has 0 aromatic heterocycles. The number of ether oxygens (including phenoxy) is 2. The molecule has 0 fully saturated rings. The molecule has 0 saturated carbocycles. The van der Waals surface area contributed by atoms with Gasteiger partial charge in [0.2, 0.25) is 0 Å². The Kier molecular flexibility index (Phi) is 7.16. The Bertz CT molecular complexity index is 569. The second-order valence-electron chi connectivity index (χ2n) is 4.33. The van der Waals surface area contributed by atoms with Crippen molar-refractivity contribution in [2.24, 2.45) is 5.41 Å². The first kappa shape index (κ1) is 18.1. The molecule has 0 rings (SSSR count). The van der Waals surface area contributed by atoms with Crippen LogP contribution in [0.3, 0.4) is 0 Å². The second-order valence-corrected chi connectivity index (χ2v) is 4.33. The molecule has 0 spiro atoms. The van der Waals surface area contributed by atoms with Gasteiger partial charge in [0.1, 0.15) is 13.2 Å². The molecule has 0 aliphatic rings. The molecule has 0 unspecified atom stereocenters. The van der Waals surface area contributed by atoms with E-state index in [1.807, 2.05) is 0 Å². The second kappa shape index (κ2) is 8.31. The molecular weight excluding hydrogens is 268 g/mol. The third kappa shape index (κ3) is 6.19. The number of carbonyl (C=O) groups excluding carboxylic acids is 2. The van der Waals surface area contributed by atoms with E-state index in [9.17, 15) is 9.59 Å². The molecule has 0 aliphatic carbocycles. The fourth-order valence-electron chi connectivity index (χ4n) is 1.01. The molecule has 0 amide bonds. The van der Waals surface area contributed by atoms with Gasteiger partial charge in [-0.25, -0.2) is 9.59 Å². The largest absolute Gasteiger partial charge is 0.460 e. The molecule has 0 bridgehead atoms. The molecule has 108 valence electrons. The summed E-state index contributed by atoms with van der Waals surface area (Å²) >= 11 is 0. The van der Waals surface area contributed by atoms with Crippen molar-refractivity contribution in [3.8, 4) is 36.5 Å². The van der Waals surface area contributed by atoms with E-state index in [1.165, 1.54) is 13.8 Å². The van der Waals surface area contributed by atoms with Crippen LogP contribution in [0.1, 0.15) is 13.8 Å². The van der Waals surface area contributed by atoms with E-state index in [0.29, 0.717) is 0 Å². The van der Waals surface area contributed by atoms with Crippen LogP contribution < -0.4 is 0 Å². The molecule has 0 atom stereocenters. The lowest BCUT2D eigenvalue weighted by atomic mass is 9.92. The summed E-state index contributed by atoms with van der Waals surface area (Å²) in [5.74, 6) is 8.16. The molecule has 4 nitrogen and oxygen atoms in total. The zero-order valence-corrected chi connectivity index (χ0v) is 12.1. The van der Waals surface area contributed by atoms with Crippen molar-refractivity contribution in [2.75, 3.05) is 13.2 Å². The number of esters is 2. The van der Waals surface area contributed by atoms with Crippen LogP contribution in [0.25, 0.3) is 0 Å². The molecule has 0 saturated heterocycles. The first-order valence-corrected chi connectivity index (χ1v) is 5.89. The van der Waals surface area contributed by atoms with E-state index in [4.69, 9.17) is 22.3 Å². The summed E-state index contributed by atoms with van der Waals surface area (Å²) < 4.78 is 9.97. The maximum absolute atomic E-state index is 11.4. The van der Waals surface area contributed by atoms with Gasteiger partial charge < -0.3 is 9.47 Å². The summed E-state index contributed by atoms with van der Waals surface area (Å²) in [5, 5.41) is 0. The highest BCUT2D eigenvalue weighted by molar-refractivity contribution is 5.87. The van der Waals surface area contributed by atoms with Crippen molar-refractivity contribution >= 4 is 11.9 Å². The van der Waals surface area contributed by atoms with Crippen LogP contribution in [0, 0.1) is 41.9 Å².